The number of hydrogen-bond donors (Lipinski definition) is 0. The molecule has 5 aromatic rings. The molecule has 0 atom stereocenters. The molecule has 0 spiro atoms. The van der Waals surface area contributed by atoms with E-state index in [0.29, 0.717) is 0 Å². The molecule has 9 rings (SSSR count). The van der Waals surface area contributed by atoms with Crippen molar-refractivity contribution in [2.45, 2.75) is 25.7 Å². The molecule has 0 N–H and O–H groups in total. The molecule has 4 aromatic carbocycles. The Morgan fingerprint density at radius 1 is 0.543 bits per heavy atom. The lowest BCUT2D eigenvalue weighted by molar-refractivity contribution is 0.985. The second-order valence-electron chi connectivity index (χ2n) is 10.3. The lowest BCUT2D eigenvalue weighted by Crippen LogP contribution is -2.26. The van der Waals surface area contributed by atoms with Crippen LogP contribution in [0.1, 0.15) is 44.5 Å². The molecule has 35 heavy (non-hydrogen) atoms. The molecule has 0 unspecified atom stereocenters. The molecule has 0 fully saturated rings. The van der Waals surface area contributed by atoms with Crippen LogP contribution in [-0.4, -0.2) is 4.98 Å². The SMILES string of the molecule is c1ccc2c(c1)Cc1c-2cc2c3c1Cc1c(ccc4c1-c1ccccc1C4)N3c1ccncc1C2. The van der Waals surface area contributed by atoms with Gasteiger partial charge in [0.15, 0.2) is 0 Å². The van der Waals surface area contributed by atoms with Gasteiger partial charge in [-0.3, -0.25) is 4.98 Å². The molecule has 4 aliphatic rings. The minimum Gasteiger partial charge on any atom is -0.309 e. The van der Waals surface area contributed by atoms with E-state index in [9.17, 15) is 0 Å². The van der Waals surface area contributed by atoms with Gasteiger partial charge in [0.1, 0.15) is 0 Å². The van der Waals surface area contributed by atoms with Gasteiger partial charge in [0.2, 0.25) is 0 Å². The van der Waals surface area contributed by atoms with Crippen LogP contribution in [0.2, 0.25) is 0 Å². The molecular formula is C33H22N2. The van der Waals surface area contributed by atoms with Gasteiger partial charge >= 0.3 is 0 Å². The van der Waals surface area contributed by atoms with Crippen molar-refractivity contribution < 1.29 is 0 Å². The molecule has 0 radical (unpaired) electrons. The van der Waals surface area contributed by atoms with Crippen LogP contribution in [-0.2, 0) is 25.7 Å². The second-order valence-corrected chi connectivity index (χ2v) is 10.3. The molecule has 0 bridgehead atoms. The largest absolute Gasteiger partial charge is 0.309 e. The van der Waals surface area contributed by atoms with E-state index >= 15 is 0 Å². The fourth-order valence-corrected chi connectivity index (χ4v) is 7.21. The lowest BCUT2D eigenvalue weighted by Gasteiger charge is -2.41. The first-order chi connectivity index (χ1) is 17.3. The number of benzene rings is 4. The number of aromatic nitrogens is 1. The van der Waals surface area contributed by atoms with E-state index in [1.807, 2.05) is 6.20 Å². The van der Waals surface area contributed by atoms with Crippen molar-refractivity contribution in [2.75, 3.05) is 4.90 Å². The third-order valence-corrected chi connectivity index (χ3v) is 8.63. The number of rotatable bonds is 0. The van der Waals surface area contributed by atoms with Gasteiger partial charge in [-0.1, -0.05) is 54.6 Å². The first-order valence-corrected chi connectivity index (χ1v) is 12.6. The Labute approximate surface area is 204 Å². The van der Waals surface area contributed by atoms with Crippen molar-refractivity contribution in [1.29, 1.82) is 0 Å². The lowest BCUT2D eigenvalue weighted by atomic mass is 9.80. The Hall–Kier alpha value is -4.17. The summed E-state index contributed by atoms with van der Waals surface area (Å²) >= 11 is 0. The minimum atomic E-state index is 0.945. The van der Waals surface area contributed by atoms with Crippen molar-refractivity contribution >= 4 is 17.1 Å². The zero-order valence-electron chi connectivity index (χ0n) is 19.3. The first-order valence-electron chi connectivity index (χ1n) is 12.6. The molecule has 0 amide bonds. The average Bonchev–Trinajstić information content (AvgIpc) is 3.47. The summed E-state index contributed by atoms with van der Waals surface area (Å²) in [5, 5.41) is 0. The normalized spacial score (nSPS) is 14.9. The van der Waals surface area contributed by atoms with Crippen LogP contribution in [0, 0.1) is 0 Å². The summed E-state index contributed by atoms with van der Waals surface area (Å²) < 4.78 is 0. The van der Waals surface area contributed by atoms with E-state index in [-0.39, 0.29) is 0 Å². The molecule has 2 heteroatoms. The van der Waals surface area contributed by atoms with E-state index in [2.05, 4.69) is 88.9 Å². The van der Waals surface area contributed by atoms with E-state index in [1.54, 1.807) is 0 Å². The van der Waals surface area contributed by atoms with Gasteiger partial charge in [-0.05, 0) is 97.8 Å². The Morgan fingerprint density at radius 2 is 1.34 bits per heavy atom. The highest BCUT2D eigenvalue weighted by molar-refractivity contribution is 5.97. The van der Waals surface area contributed by atoms with Crippen LogP contribution in [0.3, 0.4) is 0 Å². The van der Waals surface area contributed by atoms with Crippen molar-refractivity contribution in [3.8, 4) is 22.3 Å². The summed E-state index contributed by atoms with van der Waals surface area (Å²) in [7, 11) is 0. The van der Waals surface area contributed by atoms with Crippen LogP contribution in [0.25, 0.3) is 22.3 Å². The van der Waals surface area contributed by atoms with E-state index in [1.165, 1.54) is 83.8 Å². The molecule has 0 saturated heterocycles. The molecule has 0 saturated carbocycles. The summed E-state index contributed by atoms with van der Waals surface area (Å²) in [6, 6.07) is 27.4. The van der Waals surface area contributed by atoms with Gasteiger partial charge in [-0.15, -0.1) is 0 Å². The minimum absolute atomic E-state index is 0.945. The van der Waals surface area contributed by atoms with Gasteiger partial charge in [0.25, 0.3) is 0 Å². The van der Waals surface area contributed by atoms with Crippen molar-refractivity contribution in [2.24, 2.45) is 0 Å². The predicted molar refractivity (Wildman–Crippen MR) is 141 cm³/mol. The van der Waals surface area contributed by atoms with Gasteiger partial charge < -0.3 is 4.90 Å². The number of pyridine rings is 1. The highest BCUT2D eigenvalue weighted by Gasteiger charge is 2.38. The molecular weight excluding hydrogens is 424 g/mol. The summed E-state index contributed by atoms with van der Waals surface area (Å²) in [6.07, 6.45) is 8.03. The van der Waals surface area contributed by atoms with Crippen molar-refractivity contribution in [3.05, 3.63) is 130 Å². The maximum atomic E-state index is 4.51. The summed E-state index contributed by atoms with van der Waals surface area (Å²) in [5.74, 6) is 0. The molecule has 1 aromatic heterocycles. The monoisotopic (exact) mass is 446 g/mol. The molecule has 164 valence electrons. The highest BCUT2D eigenvalue weighted by Crippen LogP contribution is 2.57. The zero-order valence-corrected chi connectivity index (χ0v) is 19.3. The summed E-state index contributed by atoms with van der Waals surface area (Å²) in [5.41, 5.74) is 21.5. The number of nitrogens with zero attached hydrogens (tertiary/aromatic N) is 2. The van der Waals surface area contributed by atoms with Crippen LogP contribution in [0.5, 0.6) is 0 Å². The Kier molecular flexibility index (Phi) is 3.27. The third kappa shape index (κ3) is 2.23. The Balaban J connectivity index is 1.38. The Morgan fingerprint density at radius 3 is 2.26 bits per heavy atom. The van der Waals surface area contributed by atoms with Gasteiger partial charge in [0.05, 0.1) is 17.1 Å². The fraction of sp³-hybridized carbons (Fsp3) is 0.121. The van der Waals surface area contributed by atoms with E-state index in [0.717, 1.165) is 25.7 Å². The summed E-state index contributed by atoms with van der Waals surface area (Å²) in [4.78, 5) is 7.07. The van der Waals surface area contributed by atoms with Crippen molar-refractivity contribution in [1.82, 2.24) is 4.98 Å². The average molecular weight is 447 g/mol. The molecule has 2 nitrogen and oxygen atoms in total. The first kappa shape index (κ1) is 18.2. The smallest absolute Gasteiger partial charge is 0.0535 e. The van der Waals surface area contributed by atoms with Crippen LogP contribution >= 0.6 is 0 Å². The quantitative estimate of drug-likeness (QED) is 0.240. The van der Waals surface area contributed by atoms with E-state index < -0.39 is 0 Å². The number of hydrogen-bond acceptors (Lipinski definition) is 2. The summed E-state index contributed by atoms with van der Waals surface area (Å²) in [6.45, 7) is 0. The Bertz CT molecular complexity index is 1760. The maximum Gasteiger partial charge on any atom is 0.0535 e. The fourth-order valence-electron chi connectivity index (χ4n) is 7.21. The number of anilines is 3. The zero-order chi connectivity index (χ0) is 22.7. The standard InChI is InChI=1S/C33H22N2/c1-3-7-24-20(6-1)15-27-26(24)16-22-14-23-18-34-12-11-30(23)35-31-10-9-21-13-19-5-2-4-8-25(19)32(21)29(31)17-28(27)33(22)35/h1-12,16,18H,13-15,17H2. The van der Waals surface area contributed by atoms with Crippen LogP contribution in [0.4, 0.5) is 17.1 Å². The van der Waals surface area contributed by atoms with Crippen molar-refractivity contribution in [3.63, 3.8) is 0 Å². The van der Waals surface area contributed by atoms with Gasteiger partial charge in [-0.2, -0.15) is 0 Å². The van der Waals surface area contributed by atoms with E-state index in [4.69, 9.17) is 0 Å². The second kappa shape index (κ2) is 6.28. The predicted octanol–water partition coefficient (Wildman–Crippen LogP) is 7.50. The molecule has 3 heterocycles. The highest BCUT2D eigenvalue weighted by atomic mass is 15.2. The van der Waals surface area contributed by atoms with Crippen LogP contribution < -0.4 is 4.90 Å². The van der Waals surface area contributed by atoms with Gasteiger partial charge in [-0.25, -0.2) is 0 Å². The molecule has 2 aliphatic heterocycles. The number of fused-ring (bicyclic) bond motifs is 12. The maximum absolute atomic E-state index is 4.51. The topological polar surface area (TPSA) is 16.1 Å². The van der Waals surface area contributed by atoms with Crippen LogP contribution in [0.15, 0.2) is 85.2 Å². The third-order valence-electron chi connectivity index (χ3n) is 8.63. The molecule has 2 aliphatic carbocycles. The van der Waals surface area contributed by atoms with Gasteiger partial charge in [0, 0.05) is 25.2 Å².